The number of amides is 1. The molecule has 1 amide bonds. The fourth-order valence-corrected chi connectivity index (χ4v) is 3.74. The van der Waals surface area contributed by atoms with Crippen molar-refractivity contribution in [3.8, 4) is 5.75 Å². The molecule has 4 rings (SSSR count). The van der Waals surface area contributed by atoms with E-state index in [0.717, 1.165) is 39.2 Å². The molecule has 164 valence electrons. The largest absolute Gasteiger partial charge is 0.497 e. The van der Waals surface area contributed by atoms with Gasteiger partial charge in [0.25, 0.3) is 5.91 Å². The van der Waals surface area contributed by atoms with Gasteiger partial charge in [-0.15, -0.1) is 0 Å². The van der Waals surface area contributed by atoms with Crippen LogP contribution in [0.1, 0.15) is 32.9 Å². The lowest BCUT2D eigenvalue weighted by atomic mass is 10.1. The maximum atomic E-state index is 12.5. The molecular weight excluding hydrogens is 404 g/mol. The highest BCUT2D eigenvalue weighted by Crippen LogP contribution is 2.26. The quantitative estimate of drug-likeness (QED) is 0.409. The van der Waals surface area contributed by atoms with E-state index in [-0.39, 0.29) is 5.91 Å². The molecule has 3 aromatic heterocycles. The summed E-state index contributed by atoms with van der Waals surface area (Å²) in [5.74, 6) is 1.66. The number of rotatable bonds is 7. The van der Waals surface area contributed by atoms with E-state index in [1.807, 2.05) is 51.1 Å². The third-order valence-electron chi connectivity index (χ3n) is 5.24. The Balaban J connectivity index is 1.37. The Morgan fingerprint density at radius 1 is 1.09 bits per heavy atom. The molecule has 3 N–H and O–H groups in total. The lowest BCUT2D eigenvalue weighted by Crippen LogP contribution is -2.26. The Labute approximate surface area is 186 Å². The predicted octanol–water partition coefficient (Wildman–Crippen LogP) is 4.00. The van der Waals surface area contributed by atoms with E-state index in [9.17, 15) is 4.79 Å². The lowest BCUT2D eigenvalue weighted by molar-refractivity contribution is 0.0953. The minimum absolute atomic E-state index is 0.212. The van der Waals surface area contributed by atoms with Gasteiger partial charge in [0, 0.05) is 41.2 Å². The molecule has 8 heteroatoms. The normalized spacial score (nSPS) is 10.9. The van der Waals surface area contributed by atoms with E-state index in [2.05, 4.69) is 30.6 Å². The Morgan fingerprint density at radius 2 is 1.88 bits per heavy atom. The van der Waals surface area contributed by atoms with Crippen LogP contribution >= 0.6 is 0 Å². The van der Waals surface area contributed by atoms with Gasteiger partial charge in [0.2, 0.25) is 5.95 Å². The zero-order valence-corrected chi connectivity index (χ0v) is 18.6. The minimum atomic E-state index is -0.212. The van der Waals surface area contributed by atoms with Gasteiger partial charge in [-0.05, 0) is 68.7 Å². The number of benzene rings is 1. The second kappa shape index (κ2) is 9.05. The first kappa shape index (κ1) is 21.3. The molecule has 0 unspecified atom stereocenters. The number of hydrogen-bond donors (Lipinski definition) is 3. The number of anilines is 2. The topological polar surface area (TPSA) is 105 Å². The molecule has 0 spiro atoms. The minimum Gasteiger partial charge on any atom is -0.497 e. The molecule has 0 fully saturated rings. The smallest absolute Gasteiger partial charge is 0.254 e. The van der Waals surface area contributed by atoms with Gasteiger partial charge in [-0.25, -0.2) is 15.0 Å². The van der Waals surface area contributed by atoms with E-state index < -0.39 is 0 Å². The molecule has 0 aliphatic carbocycles. The summed E-state index contributed by atoms with van der Waals surface area (Å²) < 4.78 is 5.34. The summed E-state index contributed by atoms with van der Waals surface area (Å²) >= 11 is 0. The van der Waals surface area contributed by atoms with Crippen LogP contribution in [-0.4, -0.2) is 39.5 Å². The van der Waals surface area contributed by atoms with Gasteiger partial charge in [-0.1, -0.05) is 0 Å². The van der Waals surface area contributed by atoms with E-state index in [1.54, 1.807) is 7.11 Å². The molecule has 1 aromatic carbocycles. The van der Waals surface area contributed by atoms with Crippen molar-refractivity contribution in [3.05, 3.63) is 70.8 Å². The van der Waals surface area contributed by atoms with Crippen molar-refractivity contribution in [2.45, 2.75) is 27.2 Å². The number of aromatic amines is 1. The molecule has 3 heterocycles. The number of pyridine rings is 1. The van der Waals surface area contributed by atoms with Crippen molar-refractivity contribution in [2.75, 3.05) is 19.0 Å². The molecule has 0 saturated carbocycles. The van der Waals surface area contributed by atoms with Crippen molar-refractivity contribution >= 4 is 28.6 Å². The fourth-order valence-electron chi connectivity index (χ4n) is 3.74. The Hall–Kier alpha value is -3.94. The van der Waals surface area contributed by atoms with E-state index in [1.165, 1.54) is 12.4 Å². The second-order valence-electron chi connectivity index (χ2n) is 7.74. The molecule has 0 atom stereocenters. The van der Waals surface area contributed by atoms with Gasteiger partial charge in [0.05, 0.1) is 12.7 Å². The number of carbonyl (C=O) groups excluding carboxylic acids is 1. The standard InChI is InChI=1S/C24H26N6O2/c1-14-9-15(2)28-22(10-14)30-24-26-12-17(13-27-24)23(31)25-8-7-19-16(3)29-21-6-5-18(32-4)11-20(19)21/h5-6,9-13,29H,7-8H2,1-4H3,(H,25,31)(H,26,27,28,30). The molecule has 0 saturated heterocycles. The zero-order chi connectivity index (χ0) is 22.7. The van der Waals surface area contributed by atoms with Gasteiger partial charge >= 0.3 is 0 Å². The second-order valence-corrected chi connectivity index (χ2v) is 7.74. The summed E-state index contributed by atoms with van der Waals surface area (Å²) in [6.45, 7) is 6.47. The van der Waals surface area contributed by atoms with Gasteiger partial charge < -0.3 is 20.4 Å². The summed E-state index contributed by atoms with van der Waals surface area (Å²) in [4.78, 5) is 28.8. The van der Waals surface area contributed by atoms with Gasteiger partial charge in [-0.2, -0.15) is 0 Å². The maximum Gasteiger partial charge on any atom is 0.254 e. The number of fused-ring (bicyclic) bond motifs is 1. The zero-order valence-electron chi connectivity index (χ0n) is 18.6. The maximum absolute atomic E-state index is 12.5. The third-order valence-corrected chi connectivity index (χ3v) is 5.24. The van der Waals surface area contributed by atoms with Crippen LogP contribution in [0.25, 0.3) is 10.9 Å². The van der Waals surface area contributed by atoms with Crippen LogP contribution in [-0.2, 0) is 6.42 Å². The van der Waals surface area contributed by atoms with Crippen LogP contribution in [0.2, 0.25) is 0 Å². The van der Waals surface area contributed by atoms with Crippen LogP contribution in [0, 0.1) is 20.8 Å². The molecular formula is C24H26N6O2. The van der Waals surface area contributed by atoms with Crippen LogP contribution in [0.15, 0.2) is 42.7 Å². The third kappa shape index (κ3) is 4.69. The van der Waals surface area contributed by atoms with Crippen molar-refractivity contribution in [1.29, 1.82) is 0 Å². The van der Waals surface area contributed by atoms with E-state index in [4.69, 9.17) is 4.74 Å². The molecule has 32 heavy (non-hydrogen) atoms. The highest BCUT2D eigenvalue weighted by Gasteiger charge is 2.12. The summed E-state index contributed by atoms with van der Waals surface area (Å²) in [7, 11) is 1.65. The number of hydrogen-bond acceptors (Lipinski definition) is 6. The van der Waals surface area contributed by atoms with Gasteiger partial charge in [-0.3, -0.25) is 4.79 Å². The SMILES string of the molecule is COc1ccc2[nH]c(C)c(CCNC(=O)c3cnc(Nc4cc(C)cc(C)n4)nc3)c2c1. The van der Waals surface area contributed by atoms with Crippen molar-refractivity contribution < 1.29 is 9.53 Å². The van der Waals surface area contributed by atoms with Crippen molar-refractivity contribution in [2.24, 2.45) is 0 Å². The highest BCUT2D eigenvalue weighted by atomic mass is 16.5. The number of methoxy groups -OCH3 is 1. The Morgan fingerprint density at radius 3 is 2.59 bits per heavy atom. The summed E-state index contributed by atoms with van der Waals surface area (Å²) in [5, 5.41) is 7.12. The number of nitrogens with one attached hydrogen (secondary N) is 3. The highest BCUT2D eigenvalue weighted by molar-refractivity contribution is 5.93. The first-order valence-electron chi connectivity index (χ1n) is 10.4. The van der Waals surface area contributed by atoms with Gasteiger partial charge in [0.15, 0.2) is 0 Å². The Kier molecular flexibility index (Phi) is 6.02. The lowest BCUT2D eigenvalue weighted by Gasteiger charge is -2.08. The first-order valence-corrected chi connectivity index (χ1v) is 10.4. The average Bonchev–Trinajstić information content (AvgIpc) is 3.07. The number of aryl methyl sites for hydroxylation is 3. The summed E-state index contributed by atoms with van der Waals surface area (Å²) in [6, 6.07) is 9.86. The van der Waals surface area contributed by atoms with E-state index in [0.29, 0.717) is 30.3 Å². The van der Waals surface area contributed by atoms with Crippen LogP contribution in [0.5, 0.6) is 5.75 Å². The molecule has 8 nitrogen and oxygen atoms in total. The summed E-state index contributed by atoms with van der Waals surface area (Å²) in [5.41, 5.74) is 5.71. The molecule has 0 bridgehead atoms. The average molecular weight is 431 g/mol. The number of carbonyl (C=O) groups is 1. The monoisotopic (exact) mass is 430 g/mol. The molecule has 0 radical (unpaired) electrons. The Bertz CT molecular complexity index is 1240. The number of H-pyrrole nitrogens is 1. The van der Waals surface area contributed by atoms with Crippen molar-refractivity contribution in [3.63, 3.8) is 0 Å². The van der Waals surface area contributed by atoms with Crippen LogP contribution in [0.4, 0.5) is 11.8 Å². The van der Waals surface area contributed by atoms with E-state index >= 15 is 0 Å². The predicted molar refractivity (Wildman–Crippen MR) is 125 cm³/mol. The molecule has 0 aliphatic heterocycles. The number of ether oxygens (including phenoxy) is 1. The van der Waals surface area contributed by atoms with Gasteiger partial charge in [0.1, 0.15) is 11.6 Å². The number of aromatic nitrogens is 4. The molecule has 0 aliphatic rings. The van der Waals surface area contributed by atoms with Crippen LogP contribution < -0.4 is 15.4 Å². The molecule has 4 aromatic rings. The van der Waals surface area contributed by atoms with Crippen molar-refractivity contribution in [1.82, 2.24) is 25.3 Å². The first-order chi connectivity index (χ1) is 15.4. The van der Waals surface area contributed by atoms with Crippen LogP contribution in [0.3, 0.4) is 0 Å². The summed E-state index contributed by atoms with van der Waals surface area (Å²) in [6.07, 6.45) is 3.72. The number of nitrogens with zero attached hydrogens (tertiary/aromatic N) is 3. The fraction of sp³-hybridized carbons (Fsp3) is 0.250.